The molecule has 1 unspecified atom stereocenters. The first kappa shape index (κ1) is 22.0. The fourth-order valence-electron chi connectivity index (χ4n) is 2.78. The highest BCUT2D eigenvalue weighted by atomic mass is 16.5. The van der Waals surface area contributed by atoms with Crippen LogP contribution in [0.2, 0.25) is 0 Å². The molecule has 0 aliphatic heterocycles. The maximum Gasteiger partial charge on any atom is 0.307 e. The molecule has 0 fully saturated rings. The number of ether oxygens (including phenoxy) is 3. The number of hydrogen-bond acceptors (Lipinski definition) is 5. The van der Waals surface area contributed by atoms with Crippen LogP contribution in [0.5, 0.6) is 11.5 Å². The minimum Gasteiger partial charge on any atom is -0.493 e. The molecule has 0 aliphatic carbocycles. The second-order valence-corrected chi connectivity index (χ2v) is 6.51. The number of benzene rings is 2. The molecule has 0 spiro atoms. The third-order valence-corrected chi connectivity index (χ3v) is 4.32. The van der Waals surface area contributed by atoms with Gasteiger partial charge in [-0.2, -0.15) is 0 Å². The molecule has 29 heavy (non-hydrogen) atoms. The van der Waals surface area contributed by atoms with Crippen molar-refractivity contribution >= 4 is 18.0 Å². The van der Waals surface area contributed by atoms with Crippen LogP contribution in [0.1, 0.15) is 36.1 Å². The van der Waals surface area contributed by atoms with E-state index in [1.165, 1.54) is 7.11 Å². The van der Waals surface area contributed by atoms with E-state index < -0.39 is 12.0 Å². The molecular weight excluding hydrogens is 370 g/mol. The first-order valence-electron chi connectivity index (χ1n) is 9.33. The quantitative estimate of drug-likeness (QED) is 0.651. The first-order valence-corrected chi connectivity index (χ1v) is 9.33. The van der Waals surface area contributed by atoms with E-state index in [1.807, 2.05) is 62.4 Å². The molecule has 2 rings (SSSR count). The van der Waals surface area contributed by atoms with Crippen LogP contribution in [-0.4, -0.2) is 32.7 Å². The maximum absolute atomic E-state index is 12.5. The summed E-state index contributed by atoms with van der Waals surface area (Å²) in [5.74, 6) is 0.255. The second kappa shape index (κ2) is 10.9. The van der Waals surface area contributed by atoms with Gasteiger partial charge in [-0.3, -0.25) is 9.59 Å². The van der Waals surface area contributed by atoms with E-state index in [0.717, 1.165) is 16.7 Å². The molecule has 6 nitrogen and oxygen atoms in total. The highest BCUT2D eigenvalue weighted by Gasteiger charge is 2.19. The number of carbonyl (C=O) groups is 2. The third-order valence-electron chi connectivity index (χ3n) is 4.32. The fourth-order valence-corrected chi connectivity index (χ4v) is 2.78. The summed E-state index contributed by atoms with van der Waals surface area (Å²) in [6.45, 7) is 3.70. The predicted octanol–water partition coefficient (Wildman–Crippen LogP) is 3.84. The Bertz CT molecular complexity index is 858. The van der Waals surface area contributed by atoms with Gasteiger partial charge >= 0.3 is 5.97 Å². The van der Waals surface area contributed by atoms with Crippen molar-refractivity contribution in [2.45, 2.75) is 26.3 Å². The number of allylic oxidation sites excluding steroid dienone is 1. The van der Waals surface area contributed by atoms with E-state index in [0.29, 0.717) is 11.5 Å². The first-order chi connectivity index (χ1) is 14.0. The van der Waals surface area contributed by atoms with Crippen molar-refractivity contribution in [2.24, 2.45) is 0 Å². The Hall–Kier alpha value is -3.28. The summed E-state index contributed by atoms with van der Waals surface area (Å²) < 4.78 is 15.7. The minimum atomic E-state index is -0.502. The van der Waals surface area contributed by atoms with Gasteiger partial charge in [-0.15, -0.1) is 0 Å². The summed E-state index contributed by atoms with van der Waals surface area (Å²) in [7, 11) is 2.87. The van der Waals surface area contributed by atoms with E-state index in [1.54, 1.807) is 13.2 Å². The third kappa shape index (κ3) is 6.68. The van der Waals surface area contributed by atoms with Crippen molar-refractivity contribution in [1.82, 2.24) is 5.32 Å². The summed E-state index contributed by atoms with van der Waals surface area (Å²) in [4.78, 5) is 24.2. The molecule has 6 heteroatoms. The molecular formula is C23H27NO5. The Labute approximate surface area is 171 Å². The van der Waals surface area contributed by atoms with Crippen molar-refractivity contribution in [3.63, 3.8) is 0 Å². The molecule has 2 aromatic rings. The van der Waals surface area contributed by atoms with Gasteiger partial charge in [0.2, 0.25) is 0 Å². The van der Waals surface area contributed by atoms with E-state index in [9.17, 15) is 9.59 Å². The number of carbonyl (C=O) groups excluding carboxylic acids is 2. The normalized spacial score (nSPS) is 11.7. The van der Waals surface area contributed by atoms with Crippen LogP contribution in [0.3, 0.4) is 0 Å². The molecule has 0 aliphatic rings. The number of aryl methyl sites for hydroxylation is 1. The lowest BCUT2D eigenvalue weighted by molar-refractivity contribution is -0.141. The standard InChI is InChI=1S/C23H27NO5/c1-5-6-17-9-12-20(21(13-17)27-3)29-15-22(25)24-19(14-23(26)28-4)18-10-7-16(2)8-11-18/h5-13,19H,14-15H2,1-4H3,(H,24,25)/b6-5+. The average molecular weight is 397 g/mol. The van der Waals surface area contributed by atoms with Crippen molar-refractivity contribution in [2.75, 3.05) is 20.8 Å². The summed E-state index contributed by atoms with van der Waals surface area (Å²) in [6, 6.07) is 12.6. The average Bonchev–Trinajstić information content (AvgIpc) is 2.72. The van der Waals surface area contributed by atoms with Crippen molar-refractivity contribution in [1.29, 1.82) is 0 Å². The SMILES string of the molecule is C/C=C/c1ccc(OCC(=O)NC(CC(=O)OC)c2ccc(C)cc2)c(OC)c1. The molecule has 0 saturated carbocycles. The van der Waals surface area contributed by atoms with Gasteiger partial charge in [0.15, 0.2) is 18.1 Å². The van der Waals surface area contributed by atoms with Crippen LogP contribution >= 0.6 is 0 Å². The topological polar surface area (TPSA) is 73.9 Å². The zero-order chi connectivity index (χ0) is 21.2. The second-order valence-electron chi connectivity index (χ2n) is 6.51. The minimum absolute atomic E-state index is 0.0344. The number of esters is 1. The lowest BCUT2D eigenvalue weighted by Gasteiger charge is -2.19. The fraction of sp³-hybridized carbons (Fsp3) is 0.304. The molecule has 0 aromatic heterocycles. The number of nitrogens with one attached hydrogen (secondary N) is 1. The smallest absolute Gasteiger partial charge is 0.307 e. The van der Waals surface area contributed by atoms with Gasteiger partial charge in [-0.25, -0.2) is 0 Å². The summed E-state index contributed by atoms with van der Waals surface area (Å²) >= 11 is 0. The van der Waals surface area contributed by atoms with Gasteiger partial charge in [0.1, 0.15) is 0 Å². The maximum atomic E-state index is 12.5. The number of amides is 1. The van der Waals surface area contributed by atoms with Gasteiger partial charge in [-0.05, 0) is 37.1 Å². The van der Waals surface area contributed by atoms with E-state index in [-0.39, 0.29) is 18.9 Å². The van der Waals surface area contributed by atoms with Gasteiger partial charge in [0.05, 0.1) is 26.7 Å². The van der Waals surface area contributed by atoms with Gasteiger partial charge in [0, 0.05) is 0 Å². The summed E-state index contributed by atoms with van der Waals surface area (Å²) in [6.07, 6.45) is 3.90. The van der Waals surface area contributed by atoms with Gasteiger partial charge < -0.3 is 19.5 Å². The van der Waals surface area contributed by atoms with E-state index >= 15 is 0 Å². The molecule has 2 aromatic carbocycles. The van der Waals surface area contributed by atoms with E-state index in [4.69, 9.17) is 14.2 Å². The molecule has 1 N–H and O–H groups in total. The largest absolute Gasteiger partial charge is 0.493 e. The molecule has 1 amide bonds. The van der Waals surface area contributed by atoms with Crippen LogP contribution in [0.15, 0.2) is 48.5 Å². The monoisotopic (exact) mass is 397 g/mol. The number of rotatable bonds is 9. The van der Waals surface area contributed by atoms with E-state index in [2.05, 4.69) is 5.32 Å². The Balaban J connectivity index is 2.06. The van der Waals surface area contributed by atoms with Gasteiger partial charge in [0.25, 0.3) is 5.91 Å². The number of hydrogen-bond donors (Lipinski definition) is 1. The van der Waals surface area contributed by atoms with Crippen LogP contribution in [0.4, 0.5) is 0 Å². The molecule has 0 radical (unpaired) electrons. The lowest BCUT2D eigenvalue weighted by Crippen LogP contribution is -2.34. The Kier molecular flexibility index (Phi) is 8.27. The Morgan fingerprint density at radius 2 is 1.79 bits per heavy atom. The van der Waals surface area contributed by atoms with Crippen molar-refractivity contribution in [3.8, 4) is 11.5 Å². The Morgan fingerprint density at radius 3 is 2.41 bits per heavy atom. The highest BCUT2D eigenvalue weighted by Crippen LogP contribution is 2.28. The van der Waals surface area contributed by atoms with Crippen LogP contribution in [-0.2, 0) is 14.3 Å². The van der Waals surface area contributed by atoms with Crippen molar-refractivity contribution in [3.05, 3.63) is 65.2 Å². The van der Waals surface area contributed by atoms with Crippen molar-refractivity contribution < 1.29 is 23.8 Å². The van der Waals surface area contributed by atoms with Crippen LogP contribution in [0.25, 0.3) is 6.08 Å². The van der Waals surface area contributed by atoms with Crippen LogP contribution in [0, 0.1) is 6.92 Å². The Morgan fingerprint density at radius 1 is 1.07 bits per heavy atom. The molecule has 0 saturated heterocycles. The highest BCUT2D eigenvalue weighted by molar-refractivity contribution is 5.79. The predicted molar refractivity (Wildman–Crippen MR) is 112 cm³/mol. The van der Waals surface area contributed by atoms with Crippen LogP contribution < -0.4 is 14.8 Å². The molecule has 0 heterocycles. The summed E-state index contributed by atoms with van der Waals surface area (Å²) in [5.41, 5.74) is 2.88. The molecule has 154 valence electrons. The number of methoxy groups -OCH3 is 2. The zero-order valence-corrected chi connectivity index (χ0v) is 17.2. The summed E-state index contributed by atoms with van der Waals surface area (Å²) in [5, 5.41) is 2.84. The zero-order valence-electron chi connectivity index (χ0n) is 17.2. The lowest BCUT2D eigenvalue weighted by atomic mass is 10.0. The van der Waals surface area contributed by atoms with Gasteiger partial charge in [-0.1, -0.05) is 48.0 Å². The molecule has 0 bridgehead atoms. The molecule has 1 atom stereocenters.